The highest BCUT2D eigenvalue weighted by Crippen LogP contribution is 2.68. The SMILES string of the molecule is C=C(c1ccccc1)[C@@H]1CO[C@@]2(CC[C@@]3(C)[C@H](CC[C@@H]4[C@@H]3CC[C@]3(C)[C@@H](C(C)=O)CC[C@@H]43)C2)OO1. The van der Waals surface area contributed by atoms with Crippen molar-refractivity contribution in [2.24, 2.45) is 40.4 Å². The molecular weight excluding hydrogens is 436 g/mol. The van der Waals surface area contributed by atoms with Crippen LogP contribution >= 0.6 is 0 Å². The lowest BCUT2D eigenvalue weighted by Crippen LogP contribution is -2.58. The molecule has 35 heavy (non-hydrogen) atoms. The van der Waals surface area contributed by atoms with E-state index in [0.717, 1.165) is 54.6 Å². The Morgan fingerprint density at radius 1 is 0.943 bits per heavy atom. The number of ether oxygens (including phenoxy) is 1. The smallest absolute Gasteiger partial charge is 0.202 e. The van der Waals surface area contributed by atoms with Crippen LogP contribution in [-0.2, 0) is 19.3 Å². The van der Waals surface area contributed by atoms with Crippen LogP contribution in [0.1, 0.15) is 84.1 Å². The van der Waals surface area contributed by atoms with Crippen LogP contribution in [0.15, 0.2) is 36.9 Å². The first-order chi connectivity index (χ1) is 16.8. The van der Waals surface area contributed by atoms with Gasteiger partial charge in [0.15, 0.2) is 0 Å². The summed E-state index contributed by atoms with van der Waals surface area (Å²) in [6.45, 7) is 11.6. The third-order valence-electron chi connectivity index (χ3n) is 11.5. The van der Waals surface area contributed by atoms with E-state index in [9.17, 15) is 4.79 Å². The van der Waals surface area contributed by atoms with Crippen molar-refractivity contribution >= 4 is 11.4 Å². The number of hydrogen-bond donors (Lipinski definition) is 0. The maximum Gasteiger partial charge on any atom is 0.202 e. The molecule has 9 atom stereocenters. The molecule has 4 heteroatoms. The molecule has 190 valence electrons. The molecule has 1 aromatic rings. The van der Waals surface area contributed by atoms with Crippen LogP contribution in [0.2, 0.25) is 0 Å². The topological polar surface area (TPSA) is 44.8 Å². The molecule has 0 bridgehead atoms. The van der Waals surface area contributed by atoms with Gasteiger partial charge in [-0.25, -0.2) is 9.78 Å². The Kier molecular flexibility index (Phi) is 5.82. The van der Waals surface area contributed by atoms with E-state index in [1.54, 1.807) is 0 Å². The quantitative estimate of drug-likeness (QED) is 0.439. The van der Waals surface area contributed by atoms with Crippen molar-refractivity contribution in [1.29, 1.82) is 0 Å². The van der Waals surface area contributed by atoms with Crippen LogP contribution in [-0.4, -0.2) is 24.3 Å². The van der Waals surface area contributed by atoms with Crippen LogP contribution in [0, 0.1) is 40.4 Å². The summed E-state index contributed by atoms with van der Waals surface area (Å²) in [6, 6.07) is 10.2. The molecule has 0 radical (unpaired) electrons. The van der Waals surface area contributed by atoms with Gasteiger partial charge in [0, 0.05) is 18.8 Å². The van der Waals surface area contributed by atoms with Crippen molar-refractivity contribution in [3.05, 3.63) is 42.5 Å². The number of rotatable bonds is 3. The fourth-order valence-corrected chi connectivity index (χ4v) is 9.49. The molecule has 6 rings (SSSR count). The van der Waals surface area contributed by atoms with Gasteiger partial charge in [0.25, 0.3) is 0 Å². The predicted octanol–water partition coefficient (Wildman–Crippen LogP) is 6.99. The summed E-state index contributed by atoms with van der Waals surface area (Å²) in [5.41, 5.74) is 2.54. The Hall–Kier alpha value is -1.49. The van der Waals surface area contributed by atoms with Crippen molar-refractivity contribution in [2.45, 2.75) is 90.4 Å². The molecule has 5 fully saturated rings. The largest absolute Gasteiger partial charge is 0.344 e. The predicted molar refractivity (Wildman–Crippen MR) is 136 cm³/mol. The summed E-state index contributed by atoms with van der Waals surface area (Å²) in [7, 11) is 0. The Bertz CT molecular complexity index is 979. The minimum atomic E-state index is -0.610. The van der Waals surface area contributed by atoms with Gasteiger partial charge in [-0.1, -0.05) is 50.8 Å². The summed E-state index contributed by atoms with van der Waals surface area (Å²) in [5, 5.41) is 0. The van der Waals surface area contributed by atoms with E-state index in [1.165, 1.54) is 32.1 Å². The summed E-state index contributed by atoms with van der Waals surface area (Å²) >= 11 is 0. The zero-order valence-corrected chi connectivity index (χ0v) is 21.8. The monoisotopic (exact) mass is 478 g/mol. The van der Waals surface area contributed by atoms with Crippen LogP contribution in [0.5, 0.6) is 0 Å². The Morgan fingerprint density at radius 2 is 1.71 bits per heavy atom. The lowest BCUT2D eigenvalue weighted by Gasteiger charge is -2.62. The van der Waals surface area contributed by atoms with Gasteiger partial charge in [-0.3, -0.25) is 4.79 Å². The fraction of sp³-hybridized carbons (Fsp3) is 0.710. The average molecular weight is 479 g/mol. The average Bonchev–Trinajstić information content (AvgIpc) is 3.23. The molecule has 0 aromatic heterocycles. The van der Waals surface area contributed by atoms with Gasteiger partial charge in [-0.05, 0) is 97.5 Å². The third-order valence-corrected chi connectivity index (χ3v) is 11.5. The molecular formula is C31H42O4. The van der Waals surface area contributed by atoms with Crippen LogP contribution < -0.4 is 0 Å². The molecule has 0 unspecified atom stereocenters. The second-order valence-electron chi connectivity index (χ2n) is 12.9. The molecule has 4 saturated carbocycles. The standard InChI is InChI=1S/C31H42O4/c1-20(22-8-6-5-7-9-22)28-19-33-31(35-34-28)17-16-29(3)23(18-31)10-11-24-26-13-12-25(21(2)32)30(26,4)15-14-27(24)29/h5-9,23-28H,1,10-19H2,2-4H3/t23-,24+,25-,26+,27+,28+,29+,30-,31+/m1/s1. The summed E-state index contributed by atoms with van der Waals surface area (Å²) in [6.07, 6.45) is 10.1. The van der Waals surface area contributed by atoms with Crippen LogP contribution in [0.3, 0.4) is 0 Å². The highest BCUT2D eigenvalue weighted by molar-refractivity contribution is 5.79. The van der Waals surface area contributed by atoms with Gasteiger partial charge in [0.1, 0.15) is 11.9 Å². The van der Waals surface area contributed by atoms with E-state index < -0.39 is 5.79 Å². The molecule has 5 aliphatic rings. The normalized spacial score (nSPS) is 46.9. The van der Waals surface area contributed by atoms with E-state index in [0.29, 0.717) is 23.7 Å². The molecule has 4 aliphatic carbocycles. The second kappa shape index (κ2) is 8.53. The third kappa shape index (κ3) is 3.69. The minimum Gasteiger partial charge on any atom is -0.344 e. The van der Waals surface area contributed by atoms with E-state index in [-0.39, 0.29) is 17.4 Å². The number of benzene rings is 1. The number of carbonyl (C=O) groups excluding carboxylic acids is 1. The first kappa shape index (κ1) is 23.9. The zero-order valence-electron chi connectivity index (χ0n) is 21.8. The molecule has 1 heterocycles. The molecule has 1 spiro atoms. The molecule has 4 nitrogen and oxygen atoms in total. The number of ketones is 1. The Balaban J connectivity index is 1.13. The Morgan fingerprint density at radius 3 is 2.43 bits per heavy atom. The summed E-state index contributed by atoms with van der Waals surface area (Å²) < 4.78 is 6.47. The highest BCUT2D eigenvalue weighted by atomic mass is 17.2. The van der Waals surface area contributed by atoms with Crippen molar-refractivity contribution in [1.82, 2.24) is 0 Å². The van der Waals surface area contributed by atoms with Crippen molar-refractivity contribution in [3.8, 4) is 0 Å². The van der Waals surface area contributed by atoms with E-state index in [1.807, 2.05) is 25.1 Å². The van der Waals surface area contributed by atoms with Crippen LogP contribution in [0.25, 0.3) is 5.57 Å². The molecule has 1 saturated heterocycles. The van der Waals surface area contributed by atoms with Gasteiger partial charge < -0.3 is 4.74 Å². The van der Waals surface area contributed by atoms with Crippen LogP contribution in [0.4, 0.5) is 0 Å². The molecule has 0 amide bonds. The Labute approximate surface area is 210 Å². The molecule has 1 aliphatic heterocycles. The maximum absolute atomic E-state index is 12.4. The first-order valence-corrected chi connectivity index (χ1v) is 14.0. The van der Waals surface area contributed by atoms with E-state index >= 15 is 0 Å². The van der Waals surface area contributed by atoms with E-state index in [4.69, 9.17) is 14.5 Å². The van der Waals surface area contributed by atoms with Crippen molar-refractivity contribution < 1.29 is 19.3 Å². The summed E-state index contributed by atoms with van der Waals surface area (Å²) in [5.74, 6) is 2.96. The van der Waals surface area contributed by atoms with Gasteiger partial charge in [-0.2, -0.15) is 0 Å². The molecule has 0 N–H and O–H groups in total. The van der Waals surface area contributed by atoms with Gasteiger partial charge >= 0.3 is 0 Å². The number of fused-ring (bicyclic) bond motifs is 5. The van der Waals surface area contributed by atoms with Gasteiger partial charge in [-0.15, -0.1) is 0 Å². The fourth-order valence-electron chi connectivity index (χ4n) is 9.49. The number of carbonyl (C=O) groups is 1. The second-order valence-corrected chi connectivity index (χ2v) is 12.9. The lowest BCUT2D eigenvalue weighted by molar-refractivity contribution is -0.489. The minimum absolute atomic E-state index is 0.228. The first-order valence-electron chi connectivity index (χ1n) is 14.0. The highest BCUT2D eigenvalue weighted by Gasteiger charge is 2.62. The number of Topliss-reactive ketones (excluding diaryl/α,β-unsaturated/α-hetero) is 1. The maximum atomic E-state index is 12.4. The van der Waals surface area contributed by atoms with Gasteiger partial charge in [0.05, 0.1) is 6.61 Å². The van der Waals surface area contributed by atoms with E-state index in [2.05, 4.69) is 32.6 Å². The molecule has 1 aromatic carbocycles. The lowest BCUT2D eigenvalue weighted by atomic mass is 9.44. The summed E-state index contributed by atoms with van der Waals surface area (Å²) in [4.78, 5) is 24.5. The van der Waals surface area contributed by atoms with Gasteiger partial charge in [0.2, 0.25) is 5.79 Å². The zero-order chi connectivity index (χ0) is 24.4. The van der Waals surface area contributed by atoms with Crippen molar-refractivity contribution in [3.63, 3.8) is 0 Å². The van der Waals surface area contributed by atoms with Crippen molar-refractivity contribution in [2.75, 3.05) is 6.61 Å². The number of hydrogen-bond acceptors (Lipinski definition) is 4.